The van der Waals surface area contributed by atoms with Crippen molar-refractivity contribution in [2.45, 2.75) is 85.5 Å². The SMILES string of the molecule is CCCCCOCCCCC(CC)(CC)CCN1C(=O)CN(CC)C1=O. The maximum absolute atomic E-state index is 12.3. The molecule has 0 aromatic rings. The predicted molar refractivity (Wildman–Crippen MR) is 106 cm³/mol. The molecular formula is C21H40N2O3. The molecule has 0 atom stereocenters. The molecule has 0 aromatic carbocycles. The fourth-order valence-electron chi connectivity index (χ4n) is 3.75. The van der Waals surface area contributed by atoms with Crippen LogP contribution in [-0.2, 0) is 9.53 Å². The van der Waals surface area contributed by atoms with Gasteiger partial charge in [-0.1, -0.05) is 52.9 Å². The highest BCUT2D eigenvalue weighted by molar-refractivity contribution is 6.01. The van der Waals surface area contributed by atoms with Gasteiger partial charge in [-0.25, -0.2) is 4.79 Å². The van der Waals surface area contributed by atoms with Gasteiger partial charge in [0.15, 0.2) is 0 Å². The number of ether oxygens (including phenoxy) is 1. The van der Waals surface area contributed by atoms with Gasteiger partial charge in [-0.15, -0.1) is 0 Å². The number of hydrogen-bond donors (Lipinski definition) is 0. The topological polar surface area (TPSA) is 49.9 Å². The number of hydrogen-bond acceptors (Lipinski definition) is 3. The molecule has 3 amide bonds. The first-order valence-electron chi connectivity index (χ1n) is 10.7. The van der Waals surface area contributed by atoms with Crippen LogP contribution in [0.25, 0.3) is 0 Å². The lowest BCUT2D eigenvalue weighted by Crippen LogP contribution is -2.36. The van der Waals surface area contributed by atoms with E-state index in [4.69, 9.17) is 4.74 Å². The molecule has 0 saturated carbocycles. The molecule has 1 heterocycles. The standard InChI is InChI=1S/C21H40N2O3/c1-5-9-11-16-26-17-12-10-13-21(6-2,7-3)14-15-23-19(24)18-22(8-4)20(23)25/h5-18H2,1-4H3. The second kappa shape index (κ2) is 12.3. The molecule has 0 bridgehead atoms. The van der Waals surface area contributed by atoms with Crippen molar-refractivity contribution >= 4 is 11.9 Å². The Bertz CT molecular complexity index is 421. The third kappa shape index (κ3) is 6.90. The highest BCUT2D eigenvalue weighted by atomic mass is 16.5. The highest BCUT2D eigenvalue weighted by Crippen LogP contribution is 2.37. The van der Waals surface area contributed by atoms with Crippen LogP contribution in [0.15, 0.2) is 0 Å². The fraction of sp³-hybridized carbons (Fsp3) is 0.905. The first-order chi connectivity index (χ1) is 12.5. The van der Waals surface area contributed by atoms with E-state index in [0.29, 0.717) is 13.1 Å². The van der Waals surface area contributed by atoms with Gasteiger partial charge < -0.3 is 9.64 Å². The molecule has 0 radical (unpaired) electrons. The van der Waals surface area contributed by atoms with Gasteiger partial charge in [0.2, 0.25) is 5.91 Å². The second-order valence-electron chi connectivity index (χ2n) is 7.58. The normalized spacial score (nSPS) is 15.4. The van der Waals surface area contributed by atoms with Gasteiger partial charge in [-0.05, 0) is 38.0 Å². The van der Waals surface area contributed by atoms with E-state index in [0.717, 1.165) is 58.2 Å². The van der Waals surface area contributed by atoms with Crippen molar-refractivity contribution in [2.24, 2.45) is 5.41 Å². The van der Waals surface area contributed by atoms with E-state index < -0.39 is 0 Å². The zero-order valence-corrected chi connectivity index (χ0v) is 17.5. The summed E-state index contributed by atoms with van der Waals surface area (Å²) in [7, 11) is 0. The minimum atomic E-state index is -0.112. The predicted octanol–water partition coefficient (Wildman–Crippen LogP) is 4.84. The molecule has 26 heavy (non-hydrogen) atoms. The van der Waals surface area contributed by atoms with E-state index in [-0.39, 0.29) is 23.9 Å². The van der Waals surface area contributed by atoms with E-state index in [9.17, 15) is 9.59 Å². The van der Waals surface area contributed by atoms with Gasteiger partial charge in [0.1, 0.15) is 6.54 Å². The summed E-state index contributed by atoms with van der Waals surface area (Å²) in [6, 6.07) is -0.112. The van der Waals surface area contributed by atoms with Crippen LogP contribution in [0, 0.1) is 5.41 Å². The van der Waals surface area contributed by atoms with Crippen molar-refractivity contribution in [1.29, 1.82) is 0 Å². The van der Waals surface area contributed by atoms with Crippen LogP contribution in [0.4, 0.5) is 4.79 Å². The van der Waals surface area contributed by atoms with Crippen LogP contribution in [0.1, 0.15) is 85.5 Å². The van der Waals surface area contributed by atoms with E-state index in [1.807, 2.05) is 6.92 Å². The molecule has 1 aliphatic rings. The summed E-state index contributed by atoms with van der Waals surface area (Å²) in [5, 5.41) is 0. The maximum atomic E-state index is 12.3. The quantitative estimate of drug-likeness (QED) is 0.307. The van der Waals surface area contributed by atoms with Gasteiger partial charge >= 0.3 is 6.03 Å². The molecule has 1 saturated heterocycles. The molecule has 152 valence electrons. The van der Waals surface area contributed by atoms with Crippen LogP contribution >= 0.6 is 0 Å². The van der Waals surface area contributed by atoms with Crippen molar-refractivity contribution < 1.29 is 14.3 Å². The van der Waals surface area contributed by atoms with Crippen molar-refractivity contribution in [3.05, 3.63) is 0 Å². The maximum Gasteiger partial charge on any atom is 0.327 e. The number of rotatable bonds is 15. The number of unbranched alkanes of at least 4 members (excludes halogenated alkanes) is 3. The summed E-state index contributed by atoms with van der Waals surface area (Å²) in [5.74, 6) is -0.0431. The van der Waals surface area contributed by atoms with Crippen LogP contribution in [0.5, 0.6) is 0 Å². The van der Waals surface area contributed by atoms with Gasteiger partial charge in [0.05, 0.1) is 0 Å². The third-order valence-corrected chi connectivity index (χ3v) is 6.01. The smallest absolute Gasteiger partial charge is 0.327 e. The number of carbonyl (C=O) groups excluding carboxylic acids is 2. The molecule has 1 fully saturated rings. The van der Waals surface area contributed by atoms with Crippen molar-refractivity contribution in [2.75, 3.05) is 32.8 Å². The molecule has 5 nitrogen and oxygen atoms in total. The summed E-state index contributed by atoms with van der Waals surface area (Å²) in [4.78, 5) is 27.4. The Morgan fingerprint density at radius 3 is 2.12 bits per heavy atom. The van der Waals surface area contributed by atoms with Gasteiger partial charge in [0, 0.05) is 26.3 Å². The molecule has 0 unspecified atom stereocenters. The summed E-state index contributed by atoms with van der Waals surface area (Å²) in [6.07, 6.45) is 10.1. The minimum Gasteiger partial charge on any atom is -0.381 e. The lowest BCUT2D eigenvalue weighted by Gasteiger charge is -2.33. The zero-order valence-electron chi connectivity index (χ0n) is 17.5. The Morgan fingerprint density at radius 1 is 0.923 bits per heavy atom. The lowest BCUT2D eigenvalue weighted by atomic mass is 9.75. The van der Waals surface area contributed by atoms with Crippen molar-refractivity contribution in [1.82, 2.24) is 9.80 Å². The molecule has 0 aliphatic carbocycles. The molecule has 0 aromatic heterocycles. The summed E-state index contributed by atoms with van der Waals surface area (Å²) < 4.78 is 5.71. The van der Waals surface area contributed by atoms with E-state index in [1.54, 1.807) is 4.90 Å². The number of imide groups is 1. The van der Waals surface area contributed by atoms with E-state index in [2.05, 4.69) is 20.8 Å². The monoisotopic (exact) mass is 368 g/mol. The molecule has 0 N–H and O–H groups in total. The average molecular weight is 369 g/mol. The van der Waals surface area contributed by atoms with Gasteiger partial charge in [-0.3, -0.25) is 9.69 Å². The Morgan fingerprint density at radius 2 is 1.58 bits per heavy atom. The van der Waals surface area contributed by atoms with Gasteiger partial charge in [-0.2, -0.15) is 0 Å². The van der Waals surface area contributed by atoms with Crippen LogP contribution in [0.3, 0.4) is 0 Å². The summed E-state index contributed by atoms with van der Waals surface area (Å²) in [6.45, 7) is 11.7. The van der Waals surface area contributed by atoms with Crippen LogP contribution < -0.4 is 0 Å². The molecule has 0 spiro atoms. The lowest BCUT2D eigenvalue weighted by molar-refractivity contribution is -0.125. The van der Waals surface area contributed by atoms with Crippen molar-refractivity contribution in [3.63, 3.8) is 0 Å². The van der Waals surface area contributed by atoms with E-state index >= 15 is 0 Å². The molecule has 1 rings (SSSR count). The fourth-order valence-corrected chi connectivity index (χ4v) is 3.75. The first-order valence-corrected chi connectivity index (χ1v) is 10.7. The minimum absolute atomic E-state index is 0.0431. The Labute approximate surface area is 160 Å². The summed E-state index contributed by atoms with van der Waals surface area (Å²) in [5.41, 5.74) is 0.225. The Hall–Kier alpha value is -1.10. The number of carbonyl (C=O) groups is 2. The van der Waals surface area contributed by atoms with Crippen molar-refractivity contribution in [3.8, 4) is 0 Å². The first kappa shape index (κ1) is 22.9. The van der Waals surface area contributed by atoms with E-state index in [1.165, 1.54) is 17.7 Å². The summed E-state index contributed by atoms with van der Waals surface area (Å²) >= 11 is 0. The largest absolute Gasteiger partial charge is 0.381 e. The Balaban J connectivity index is 2.37. The van der Waals surface area contributed by atoms with Gasteiger partial charge in [0.25, 0.3) is 0 Å². The number of urea groups is 1. The Kier molecular flexibility index (Phi) is 10.9. The number of nitrogens with zero attached hydrogens (tertiary/aromatic N) is 2. The second-order valence-corrected chi connectivity index (χ2v) is 7.58. The average Bonchev–Trinajstić information content (AvgIpc) is 2.93. The zero-order chi connectivity index (χ0) is 19.4. The van der Waals surface area contributed by atoms with Crippen LogP contribution in [-0.4, -0.2) is 54.6 Å². The highest BCUT2D eigenvalue weighted by Gasteiger charge is 2.36. The van der Waals surface area contributed by atoms with Crippen LogP contribution in [0.2, 0.25) is 0 Å². The molecule has 5 heteroatoms. The number of amides is 3. The third-order valence-electron chi connectivity index (χ3n) is 6.01. The molecule has 1 aliphatic heterocycles. The molecular weight excluding hydrogens is 328 g/mol. The number of likely N-dealkylation sites (N-methyl/N-ethyl adjacent to an activating group) is 1.